The van der Waals surface area contributed by atoms with E-state index in [1.165, 1.54) is 17.1 Å². The van der Waals surface area contributed by atoms with Gasteiger partial charge in [0.15, 0.2) is 5.82 Å². The van der Waals surface area contributed by atoms with E-state index in [-0.39, 0.29) is 5.56 Å². The van der Waals surface area contributed by atoms with Crippen molar-refractivity contribution in [3.05, 3.63) is 71.9 Å². The molecule has 0 atom stereocenters. The molecule has 2 heterocycles. The summed E-state index contributed by atoms with van der Waals surface area (Å²) >= 11 is 0. The van der Waals surface area contributed by atoms with E-state index in [9.17, 15) is 10.1 Å². The predicted octanol–water partition coefficient (Wildman–Crippen LogP) is 2.36. The van der Waals surface area contributed by atoms with Crippen LogP contribution in [0, 0.1) is 11.3 Å². The van der Waals surface area contributed by atoms with Crippen molar-refractivity contribution in [2.75, 3.05) is 7.11 Å². The quantitative estimate of drug-likeness (QED) is 0.644. The molecule has 0 aliphatic heterocycles. The second kappa shape index (κ2) is 7.75. The number of methoxy groups -OCH3 is 1. The van der Waals surface area contributed by atoms with Crippen molar-refractivity contribution >= 4 is 11.5 Å². The molecule has 2 aromatic rings. The molecule has 0 saturated carbocycles. The number of primary amides is 1. The molecule has 2 aromatic heterocycles. The lowest BCUT2D eigenvalue weighted by Gasteiger charge is -2.12. The van der Waals surface area contributed by atoms with Gasteiger partial charge in [0.05, 0.1) is 30.5 Å². The second-order valence-corrected chi connectivity index (χ2v) is 4.91. The van der Waals surface area contributed by atoms with Gasteiger partial charge in [-0.15, -0.1) is 0 Å². The van der Waals surface area contributed by atoms with Gasteiger partial charge in [0.1, 0.15) is 5.76 Å². The van der Waals surface area contributed by atoms with Crippen LogP contribution in [0.15, 0.2) is 55.2 Å². The maximum Gasteiger partial charge on any atom is 0.251 e. The Kier molecular flexibility index (Phi) is 5.48. The van der Waals surface area contributed by atoms with Gasteiger partial charge in [0, 0.05) is 29.6 Å². The van der Waals surface area contributed by atoms with E-state index in [0.717, 1.165) is 5.57 Å². The normalized spacial score (nSPS) is 11.7. The average molecular weight is 335 g/mol. The number of nitrogens with two attached hydrogens (primary N) is 1. The largest absolute Gasteiger partial charge is 0.496 e. The molecule has 0 fully saturated rings. The number of carbonyl (C=O) groups excluding carboxylic acids is 1. The first kappa shape index (κ1) is 17.7. The number of hydrogen-bond donors (Lipinski definition) is 1. The summed E-state index contributed by atoms with van der Waals surface area (Å²) in [6.45, 7) is 5.50. The number of hydrogen-bond acceptors (Lipinski definition) is 5. The van der Waals surface area contributed by atoms with Gasteiger partial charge in [-0.05, 0) is 13.0 Å². The Morgan fingerprint density at radius 2 is 2.24 bits per heavy atom. The smallest absolute Gasteiger partial charge is 0.251 e. The van der Waals surface area contributed by atoms with Crippen LogP contribution in [-0.2, 0) is 4.74 Å². The molecular weight excluding hydrogens is 318 g/mol. The fourth-order valence-corrected chi connectivity index (χ4v) is 2.26. The topological polar surface area (TPSA) is 107 Å². The van der Waals surface area contributed by atoms with E-state index in [4.69, 9.17) is 10.5 Å². The fraction of sp³-hybridized carbons (Fsp3) is 0.111. The first-order chi connectivity index (χ1) is 12.0. The Balaban J connectivity index is 2.52. The van der Waals surface area contributed by atoms with Crippen molar-refractivity contribution in [2.24, 2.45) is 5.73 Å². The zero-order valence-electron chi connectivity index (χ0n) is 13.9. The molecule has 0 saturated heterocycles. The molecule has 7 nitrogen and oxygen atoms in total. The van der Waals surface area contributed by atoms with Crippen LogP contribution in [0.4, 0.5) is 0 Å². The third kappa shape index (κ3) is 3.64. The zero-order valence-corrected chi connectivity index (χ0v) is 13.9. The molecule has 0 unspecified atom stereocenters. The zero-order chi connectivity index (χ0) is 18.4. The molecule has 2 rings (SSSR count). The lowest BCUT2D eigenvalue weighted by Crippen LogP contribution is -2.09. The maximum atomic E-state index is 11.2. The van der Waals surface area contributed by atoms with Gasteiger partial charge < -0.3 is 10.5 Å². The summed E-state index contributed by atoms with van der Waals surface area (Å²) in [7, 11) is 1.54. The maximum absolute atomic E-state index is 11.2. The Morgan fingerprint density at radius 1 is 1.48 bits per heavy atom. The lowest BCUT2D eigenvalue weighted by atomic mass is 10.0. The molecule has 25 heavy (non-hydrogen) atoms. The molecule has 0 aliphatic carbocycles. The van der Waals surface area contributed by atoms with Gasteiger partial charge >= 0.3 is 0 Å². The number of rotatable bonds is 6. The Labute approximate surface area is 145 Å². The van der Waals surface area contributed by atoms with Crippen LogP contribution in [0.3, 0.4) is 0 Å². The van der Waals surface area contributed by atoms with E-state index < -0.39 is 5.91 Å². The number of amides is 1. The van der Waals surface area contributed by atoms with E-state index >= 15 is 0 Å². The van der Waals surface area contributed by atoms with Gasteiger partial charge in [0.25, 0.3) is 5.91 Å². The summed E-state index contributed by atoms with van der Waals surface area (Å²) in [5, 5.41) is 13.6. The summed E-state index contributed by atoms with van der Waals surface area (Å²) < 4.78 is 6.74. The van der Waals surface area contributed by atoms with Gasteiger partial charge in [-0.1, -0.05) is 18.7 Å². The third-order valence-corrected chi connectivity index (χ3v) is 3.45. The number of pyridine rings is 1. The molecule has 1 amide bonds. The van der Waals surface area contributed by atoms with E-state index in [1.54, 1.807) is 31.5 Å². The highest BCUT2D eigenvalue weighted by atomic mass is 16.5. The number of aromatic nitrogens is 3. The van der Waals surface area contributed by atoms with Crippen molar-refractivity contribution < 1.29 is 9.53 Å². The highest BCUT2D eigenvalue weighted by Crippen LogP contribution is 2.27. The van der Waals surface area contributed by atoms with E-state index in [2.05, 4.69) is 22.7 Å². The Morgan fingerprint density at radius 3 is 2.76 bits per heavy atom. The van der Waals surface area contributed by atoms with Gasteiger partial charge in [-0.3, -0.25) is 4.79 Å². The number of allylic oxidation sites excluding steroid dienone is 4. The van der Waals surface area contributed by atoms with Crippen LogP contribution in [0.5, 0.6) is 0 Å². The van der Waals surface area contributed by atoms with Crippen molar-refractivity contribution in [1.82, 2.24) is 14.8 Å². The van der Waals surface area contributed by atoms with E-state index in [1.807, 2.05) is 13.0 Å². The lowest BCUT2D eigenvalue weighted by molar-refractivity contribution is 0.100. The van der Waals surface area contributed by atoms with Crippen LogP contribution in [-0.4, -0.2) is 27.8 Å². The minimum Gasteiger partial charge on any atom is -0.496 e. The SMILES string of the molecule is C=C/C=C(OC)\C(=C/C)c1cnc(-n2cc(C(N)=O)cn2)cc1C#N. The standard InChI is InChI=1S/C18H17N5O2/c1-4-6-16(25-3)14(5-2)15-10-21-17(7-12(15)8-19)23-11-13(9-22-23)18(20)24/h4-7,9-11H,1H2,2-3H3,(H2,20,24)/b14-5-,16-6+. The molecule has 0 aromatic carbocycles. The first-order valence-electron chi connectivity index (χ1n) is 7.34. The molecule has 2 N–H and O–H groups in total. The van der Waals surface area contributed by atoms with Crippen LogP contribution in [0.25, 0.3) is 11.4 Å². The highest BCUT2D eigenvalue weighted by molar-refractivity contribution is 5.92. The minimum atomic E-state index is -0.584. The van der Waals surface area contributed by atoms with Crippen molar-refractivity contribution in [3.63, 3.8) is 0 Å². The number of carbonyl (C=O) groups is 1. The predicted molar refractivity (Wildman–Crippen MR) is 93.5 cm³/mol. The third-order valence-electron chi connectivity index (χ3n) is 3.45. The highest BCUT2D eigenvalue weighted by Gasteiger charge is 2.15. The van der Waals surface area contributed by atoms with Crippen molar-refractivity contribution in [1.29, 1.82) is 5.26 Å². The number of ether oxygens (including phenoxy) is 1. The van der Waals surface area contributed by atoms with Crippen molar-refractivity contribution in [2.45, 2.75) is 6.92 Å². The summed E-state index contributed by atoms with van der Waals surface area (Å²) in [4.78, 5) is 15.5. The first-order valence-corrected chi connectivity index (χ1v) is 7.34. The summed E-state index contributed by atoms with van der Waals surface area (Å²) in [6.07, 6.45) is 9.50. The molecule has 0 spiro atoms. The van der Waals surface area contributed by atoms with E-state index in [0.29, 0.717) is 22.7 Å². The molecule has 126 valence electrons. The molecule has 0 radical (unpaired) electrons. The van der Waals surface area contributed by atoms with Crippen LogP contribution in [0.2, 0.25) is 0 Å². The second-order valence-electron chi connectivity index (χ2n) is 4.91. The average Bonchev–Trinajstić information content (AvgIpc) is 3.12. The molecule has 0 aliphatic rings. The fourth-order valence-electron chi connectivity index (χ4n) is 2.26. The van der Waals surface area contributed by atoms with Gasteiger partial charge in [0.2, 0.25) is 0 Å². The summed E-state index contributed by atoms with van der Waals surface area (Å²) in [5.74, 6) is 0.382. The number of nitrogens with zero attached hydrogens (tertiary/aromatic N) is 4. The minimum absolute atomic E-state index is 0.258. The van der Waals surface area contributed by atoms with Crippen molar-refractivity contribution in [3.8, 4) is 11.9 Å². The monoisotopic (exact) mass is 335 g/mol. The Hall–Kier alpha value is -3.66. The van der Waals surface area contributed by atoms with Gasteiger partial charge in [-0.2, -0.15) is 10.4 Å². The number of nitriles is 1. The van der Waals surface area contributed by atoms with Crippen LogP contribution in [0.1, 0.15) is 28.4 Å². The molecule has 0 bridgehead atoms. The van der Waals surface area contributed by atoms with Gasteiger partial charge in [-0.25, -0.2) is 9.67 Å². The Bertz CT molecular complexity index is 916. The summed E-state index contributed by atoms with van der Waals surface area (Å²) in [5.41, 5.74) is 7.20. The van der Waals surface area contributed by atoms with Crippen LogP contribution < -0.4 is 5.73 Å². The summed E-state index contributed by atoms with van der Waals surface area (Å²) in [6, 6.07) is 3.73. The van der Waals surface area contributed by atoms with Crippen LogP contribution >= 0.6 is 0 Å². The molecular formula is C18H17N5O2. The molecule has 7 heteroatoms.